The highest BCUT2D eigenvalue weighted by atomic mass is 16.7. The van der Waals surface area contributed by atoms with Crippen molar-refractivity contribution < 1.29 is 29.0 Å². The Bertz CT molecular complexity index is 909. The fraction of sp³-hybridized carbons (Fsp3) is 0.118. The summed E-state index contributed by atoms with van der Waals surface area (Å²) in [6.07, 6.45) is 0. The fourth-order valence-corrected chi connectivity index (χ4v) is 2.85. The predicted molar refractivity (Wildman–Crippen MR) is 76.6 cm³/mol. The normalized spacial score (nSPS) is 21.7. The number of carbonyl (C=O) groups excluding carboxylic acids is 3. The number of carbonyl (C=O) groups is 3. The van der Waals surface area contributed by atoms with E-state index >= 15 is 0 Å². The Balaban J connectivity index is 1.83. The quantitative estimate of drug-likeness (QED) is 0.640. The summed E-state index contributed by atoms with van der Waals surface area (Å²) in [5.74, 6) is -3.60. The van der Waals surface area contributed by atoms with Crippen LogP contribution in [0.15, 0.2) is 36.4 Å². The van der Waals surface area contributed by atoms with Crippen molar-refractivity contribution in [2.75, 3.05) is 0 Å². The highest BCUT2D eigenvalue weighted by Gasteiger charge is 2.40. The van der Waals surface area contributed by atoms with Crippen LogP contribution in [0.25, 0.3) is 11.1 Å². The van der Waals surface area contributed by atoms with Gasteiger partial charge in [0, 0.05) is 12.5 Å². The van der Waals surface area contributed by atoms with E-state index in [0.717, 1.165) is 0 Å². The summed E-state index contributed by atoms with van der Waals surface area (Å²) in [5.41, 5.74) is 2.39. The Morgan fingerprint density at radius 1 is 0.826 bits per heavy atom. The first-order chi connectivity index (χ1) is 10.9. The van der Waals surface area contributed by atoms with Crippen LogP contribution < -0.4 is 0 Å². The van der Waals surface area contributed by atoms with Gasteiger partial charge >= 0.3 is 17.9 Å². The molecule has 2 aromatic carbocycles. The second-order valence-corrected chi connectivity index (χ2v) is 5.57. The van der Waals surface area contributed by atoms with Crippen LogP contribution in [0.2, 0.25) is 0 Å². The first kappa shape index (κ1) is 13.7. The molecule has 0 aliphatic carbocycles. The molecule has 2 aliphatic rings. The van der Waals surface area contributed by atoms with E-state index < -0.39 is 23.7 Å². The number of ether oxygens (including phenoxy) is 2. The molecule has 1 atom stereocenters. The Hall–Kier alpha value is -2.99. The van der Waals surface area contributed by atoms with E-state index in [0.29, 0.717) is 16.7 Å². The van der Waals surface area contributed by atoms with E-state index in [-0.39, 0.29) is 16.7 Å². The zero-order valence-electron chi connectivity index (χ0n) is 12.0. The molecule has 2 aromatic rings. The lowest BCUT2D eigenvalue weighted by atomic mass is 9.95. The van der Waals surface area contributed by atoms with E-state index in [1.807, 2.05) is 0 Å². The van der Waals surface area contributed by atoms with Crippen LogP contribution in [-0.4, -0.2) is 23.0 Å². The fourth-order valence-electron chi connectivity index (χ4n) is 2.85. The van der Waals surface area contributed by atoms with Gasteiger partial charge in [-0.2, -0.15) is 0 Å². The van der Waals surface area contributed by atoms with Crippen molar-refractivity contribution in [2.45, 2.75) is 12.7 Å². The smallest absolute Gasteiger partial charge is 0.346 e. The minimum absolute atomic E-state index is 0.197. The van der Waals surface area contributed by atoms with Crippen LogP contribution in [0.1, 0.15) is 43.6 Å². The lowest BCUT2D eigenvalue weighted by Crippen LogP contribution is -2.20. The summed E-state index contributed by atoms with van der Waals surface area (Å²) in [4.78, 5) is 34.9. The SMILES string of the molecule is C[C@@]1(O)OC(=O)c2cc(-c3ccc4c(c3)C(=O)OC4=O)ccc21. The second kappa shape index (κ2) is 4.27. The van der Waals surface area contributed by atoms with Gasteiger partial charge in [-0.3, -0.25) is 0 Å². The summed E-state index contributed by atoms with van der Waals surface area (Å²) in [5, 5.41) is 10.0. The Morgan fingerprint density at radius 2 is 1.43 bits per heavy atom. The summed E-state index contributed by atoms with van der Waals surface area (Å²) in [6, 6.07) is 9.62. The standard InChI is InChI=1S/C17H10O6/c1-17(21)13-5-3-9(7-12(13)16(20)23-17)8-2-4-10-11(6-8)15(19)22-14(10)18/h2-7,21H,1H3/t17-/m1/s1. The molecule has 0 saturated carbocycles. The number of hydrogen-bond acceptors (Lipinski definition) is 6. The molecule has 0 aromatic heterocycles. The van der Waals surface area contributed by atoms with Crippen molar-refractivity contribution in [3.8, 4) is 11.1 Å². The highest BCUT2D eigenvalue weighted by molar-refractivity contribution is 6.15. The van der Waals surface area contributed by atoms with Crippen molar-refractivity contribution >= 4 is 17.9 Å². The molecule has 114 valence electrons. The molecule has 1 N–H and O–H groups in total. The number of cyclic esters (lactones) is 3. The van der Waals surface area contributed by atoms with Crippen molar-refractivity contribution in [2.24, 2.45) is 0 Å². The van der Waals surface area contributed by atoms with Crippen LogP contribution in [0.3, 0.4) is 0 Å². The van der Waals surface area contributed by atoms with Crippen molar-refractivity contribution in [1.82, 2.24) is 0 Å². The van der Waals surface area contributed by atoms with Crippen LogP contribution >= 0.6 is 0 Å². The molecule has 2 heterocycles. The van der Waals surface area contributed by atoms with Crippen LogP contribution in [0.4, 0.5) is 0 Å². The molecule has 0 spiro atoms. The van der Waals surface area contributed by atoms with Crippen LogP contribution in [0, 0.1) is 0 Å². The molecule has 4 rings (SSSR count). The van der Waals surface area contributed by atoms with E-state index in [2.05, 4.69) is 4.74 Å². The van der Waals surface area contributed by atoms with Gasteiger partial charge in [-0.1, -0.05) is 18.2 Å². The zero-order valence-corrected chi connectivity index (χ0v) is 12.0. The summed E-state index contributed by atoms with van der Waals surface area (Å²) in [6.45, 7) is 1.40. The molecule has 0 unspecified atom stereocenters. The van der Waals surface area contributed by atoms with Gasteiger partial charge in [-0.05, 0) is 29.3 Å². The lowest BCUT2D eigenvalue weighted by Gasteiger charge is -2.15. The zero-order chi connectivity index (χ0) is 16.4. The molecule has 0 radical (unpaired) electrons. The van der Waals surface area contributed by atoms with Gasteiger partial charge in [0.25, 0.3) is 0 Å². The maximum absolute atomic E-state index is 11.8. The second-order valence-electron chi connectivity index (χ2n) is 5.57. The molecule has 0 amide bonds. The Labute approximate surface area is 130 Å². The number of rotatable bonds is 1. The molecular formula is C17H10O6. The Kier molecular flexibility index (Phi) is 2.53. The predicted octanol–water partition coefficient (Wildman–Crippen LogP) is 2.00. The number of benzene rings is 2. The van der Waals surface area contributed by atoms with Gasteiger partial charge in [-0.25, -0.2) is 14.4 Å². The van der Waals surface area contributed by atoms with Gasteiger partial charge < -0.3 is 14.6 Å². The third-order valence-corrected chi connectivity index (χ3v) is 4.01. The molecule has 2 aliphatic heterocycles. The first-order valence-corrected chi connectivity index (χ1v) is 6.88. The van der Waals surface area contributed by atoms with Gasteiger partial charge in [0.15, 0.2) is 0 Å². The number of esters is 3. The monoisotopic (exact) mass is 310 g/mol. The van der Waals surface area contributed by atoms with Crippen LogP contribution in [0.5, 0.6) is 0 Å². The van der Waals surface area contributed by atoms with Gasteiger partial charge in [-0.15, -0.1) is 0 Å². The molecule has 0 fully saturated rings. The van der Waals surface area contributed by atoms with Crippen molar-refractivity contribution in [3.05, 3.63) is 58.7 Å². The van der Waals surface area contributed by atoms with Gasteiger partial charge in [0.05, 0.1) is 16.7 Å². The van der Waals surface area contributed by atoms with Gasteiger partial charge in [0.2, 0.25) is 5.79 Å². The Morgan fingerprint density at radius 3 is 2.17 bits per heavy atom. The summed E-state index contributed by atoms with van der Waals surface area (Å²) >= 11 is 0. The van der Waals surface area contributed by atoms with E-state index in [1.165, 1.54) is 13.0 Å². The average Bonchev–Trinajstić information content (AvgIpc) is 2.92. The molecule has 0 saturated heterocycles. The minimum atomic E-state index is -1.64. The van der Waals surface area contributed by atoms with Crippen LogP contribution in [-0.2, 0) is 15.3 Å². The molecular weight excluding hydrogens is 300 g/mol. The number of aliphatic hydroxyl groups is 1. The summed E-state index contributed by atoms with van der Waals surface area (Å²) in [7, 11) is 0. The number of hydrogen-bond donors (Lipinski definition) is 1. The third-order valence-electron chi connectivity index (χ3n) is 4.01. The molecule has 6 nitrogen and oxygen atoms in total. The van der Waals surface area contributed by atoms with E-state index in [1.54, 1.807) is 30.3 Å². The molecule has 23 heavy (non-hydrogen) atoms. The van der Waals surface area contributed by atoms with Crippen molar-refractivity contribution in [1.29, 1.82) is 0 Å². The maximum atomic E-state index is 11.8. The molecule has 0 bridgehead atoms. The molecule has 6 heteroatoms. The van der Waals surface area contributed by atoms with E-state index in [9.17, 15) is 19.5 Å². The maximum Gasteiger partial charge on any atom is 0.346 e. The lowest BCUT2D eigenvalue weighted by molar-refractivity contribution is -0.147. The average molecular weight is 310 g/mol. The topological polar surface area (TPSA) is 89.9 Å². The first-order valence-electron chi connectivity index (χ1n) is 6.88. The summed E-state index contributed by atoms with van der Waals surface area (Å²) < 4.78 is 9.47. The van der Waals surface area contributed by atoms with E-state index in [4.69, 9.17) is 4.74 Å². The number of fused-ring (bicyclic) bond motifs is 2. The third kappa shape index (κ3) is 1.89. The van der Waals surface area contributed by atoms with Gasteiger partial charge in [0.1, 0.15) is 0 Å². The largest absolute Gasteiger partial charge is 0.425 e. The van der Waals surface area contributed by atoms with Crippen molar-refractivity contribution in [3.63, 3.8) is 0 Å². The minimum Gasteiger partial charge on any atom is -0.425 e. The highest BCUT2D eigenvalue weighted by Crippen LogP contribution is 2.37.